The van der Waals surface area contributed by atoms with Gasteiger partial charge < -0.3 is 14.2 Å². The van der Waals surface area contributed by atoms with E-state index in [0.717, 1.165) is 0 Å². The maximum absolute atomic E-state index is 12.0. The van der Waals surface area contributed by atoms with Crippen molar-refractivity contribution >= 4 is 11.6 Å². The first-order chi connectivity index (χ1) is 11.1. The number of Topliss-reactive ketones (excluding diaryl/α,β-unsaturated/α-hetero) is 2. The first-order valence-electron chi connectivity index (χ1n) is 7.06. The number of carbonyl (C=O) groups excluding carboxylic acids is 2. The molecule has 0 aromatic heterocycles. The number of carbonyl (C=O) groups is 2. The van der Waals surface area contributed by atoms with Crippen LogP contribution in [0.4, 0.5) is 0 Å². The molecule has 0 unspecified atom stereocenters. The maximum Gasteiger partial charge on any atom is 0.188 e. The highest BCUT2D eigenvalue weighted by atomic mass is 16.5. The van der Waals surface area contributed by atoms with Crippen LogP contribution in [0.2, 0.25) is 0 Å². The third-order valence-corrected chi connectivity index (χ3v) is 3.29. The zero-order valence-electron chi connectivity index (χ0n) is 13.1. The molecule has 2 aromatic rings. The second-order valence-electron chi connectivity index (χ2n) is 4.80. The van der Waals surface area contributed by atoms with Gasteiger partial charge in [-0.2, -0.15) is 0 Å². The fourth-order valence-electron chi connectivity index (χ4n) is 1.96. The quantitative estimate of drug-likeness (QED) is 0.701. The lowest BCUT2D eigenvalue weighted by Crippen LogP contribution is -2.15. The lowest BCUT2D eigenvalue weighted by atomic mass is 10.1. The van der Waals surface area contributed by atoms with Crippen LogP contribution in [0.3, 0.4) is 0 Å². The molecular weight excluding hydrogens is 296 g/mol. The molecule has 0 amide bonds. The Morgan fingerprint density at radius 1 is 0.696 bits per heavy atom. The van der Waals surface area contributed by atoms with Gasteiger partial charge >= 0.3 is 0 Å². The minimum absolute atomic E-state index is 0.145. The Balaban J connectivity index is 1.83. The smallest absolute Gasteiger partial charge is 0.188 e. The summed E-state index contributed by atoms with van der Waals surface area (Å²) in [5, 5.41) is 0. The normalized spacial score (nSPS) is 10.2. The van der Waals surface area contributed by atoms with Gasteiger partial charge in [0.15, 0.2) is 11.6 Å². The summed E-state index contributed by atoms with van der Waals surface area (Å²) in [6.07, 6.45) is 0. The van der Waals surface area contributed by atoms with E-state index >= 15 is 0 Å². The van der Waals surface area contributed by atoms with E-state index in [1.165, 1.54) is 0 Å². The number of benzene rings is 2. The molecule has 0 aliphatic carbocycles. The Morgan fingerprint density at radius 2 is 1.04 bits per heavy atom. The number of hydrogen-bond acceptors (Lipinski definition) is 5. The maximum atomic E-state index is 12.0. The molecule has 120 valence electrons. The molecule has 2 rings (SSSR count). The molecule has 0 atom stereocenters. The van der Waals surface area contributed by atoms with Crippen LogP contribution in [0.25, 0.3) is 0 Å². The number of methoxy groups -OCH3 is 2. The van der Waals surface area contributed by atoms with Crippen LogP contribution in [0.5, 0.6) is 11.5 Å². The van der Waals surface area contributed by atoms with Gasteiger partial charge in [0, 0.05) is 11.1 Å². The number of rotatable bonds is 8. The predicted molar refractivity (Wildman–Crippen MR) is 85.5 cm³/mol. The van der Waals surface area contributed by atoms with Crippen molar-refractivity contribution in [3.8, 4) is 11.5 Å². The van der Waals surface area contributed by atoms with E-state index in [2.05, 4.69) is 0 Å². The first-order valence-corrected chi connectivity index (χ1v) is 7.06. The summed E-state index contributed by atoms with van der Waals surface area (Å²) in [6, 6.07) is 13.5. The lowest BCUT2D eigenvalue weighted by Gasteiger charge is -2.05. The van der Waals surface area contributed by atoms with Gasteiger partial charge in [0.2, 0.25) is 0 Å². The highest BCUT2D eigenvalue weighted by Gasteiger charge is 2.10. The van der Waals surface area contributed by atoms with Crippen LogP contribution >= 0.6 is 0 Å². The SMILES string of the molecule is COc1ccc(C(=O)COCC(=O)c2ccc(OC)cc2)cc1. The number of ether oxygens (including phenoxy) is 3. The van der Waals surface area contributed by atoms with Crippen molar-refractivity contribution in [2.45, 2.75) is 0 Å². The molecule has 0 spiro atoms. The van der Waals surface area contributed by atoms with E-state index in [1.807, 2.05) is 0 Å². The minimum atomic E-state index is -0.185. The van der Waals surface area contributed by atoms with Gasteiger partial charge in [-0.25, -0.2) is 0 Å². The molecule has 0 radical (unpaired) electrons. The Hall–Kier alpha value is -2.66. The van der Waals surface area contributed by atoms with Gasteiger partial charge in [-0.05, 0) is 48.5 Å². The van der Waals surface area contributed by atoms with Crippen LogP contribution in [0.15, 0.2) is 48.5 Å². The highest BCUT2D eigenvalue weighted by molar-refractivity contribution is 5.99. The zero-order chi connectivity index (χ0) is 16.7. The van der Waals surface area contributed by atoms with Crippen LogP contribution in [0.1, 0.15) is 20.7 Å². The van der Waals surface area contributed by atoms with Gasteiger partial charge in [-0.1, -0.05) is 0 Å². The average Bonchev–Trinajstić information content (AvgIpc) is 2.61. The highest BCUT2D eigenvalue weighted by Crippen LogP contribution is 2.13. The molecular formula is C18H18O5. The minimum Gasteiger partial charge on any atom is -0.497 e. The van der Waals surface area contributed by atoms with Crippen LogP contribution in [-0.2, 0) is 4.74 Å². The monoisotopic (exact) mass is 314 g/mol. The Kier molecular flexibility index (Phi) is 5.88. The molecule has 23 heavy (non-hydrogen) atoms. The van der Waals surface area contributed by atoms with Crippen molar-refractivity contribution in [3.63, 3.8) is 0 Å². The summed E-state index contributed by atoms with van der Waals surface area (Å²) in [5.41, 5.74) is 1.03. The van der Waals surface area contributed by atoms with Gasteiger partial charge in [-0.15, -0.1) is 0 Å². The summed E-state index contributed by atoms with van der Waals surface area (Å²) < 4.78 is 15.3. The zero-order valence-corrected chi connectivity index (χ0v) is 13.1. The molecule has 0 N–H and O–H groups in total. The van der Waals surface area contributed by atoms with Crippen molar-refractivity contribution in [2.24, 2.45) is 0 Å². The molecule has 0 aliphatic rings. The van der Waals surface area contributed by atoms with Gasteiger partial charge in [-0.3, -0.25) is 9.59 Å². The van der Waals surface area contributed by atoms with Crippen LogP contribution in [-0.4, -0.2) is 39.0 Å². The van der Waals surface area contributed by atoms with Crippen molar-refractivity contribution in [1.29, 1.82) is 0 Å². The number of ketones is 2. The summed E-state index contributed by atoms with van der Waals surface area (Å²) in [4.78, 5) is 23.9. The number of hydrogen-bond donors (Lipinski definition) is 0. The van der Waals surface area contributed by atoms with E-state index in [1.54, 1.807) is 62.8 Å². The average molecular weight is 314 g/mol. The van der Waals surface area contributed by atoms with Crippen molar-refractivity contribution in [1.82, 2.24) is 0 Å². The molecule has 5 nitrogen and oxygen atoms in total. The third-order valence-electron chi connectivity index (χ3n) is 3.29. The van der Waals surface area contributed by atoms with Gasteiger partial charge in [0.25, 0.3) is 0 Å². The lowest BCUT2D eigenvalue weighted by molar-refractivity contribution is 0.0672. The van der Waals surface area contributed by atoms with Gasteiger partial charge in [0.05, 0.1) is 14.2 Å². The largest absolute Gasteiger partial charge is 0.497 e. The van der Waals surface area contributed by atoms with Gasteiger partial charge in [0.1, 0.15) is 24.7 Å². The van der Waals surface area contributed by atoms with E-state index in [-0.39, 0.29) is 24.8 Å². The molecule has 0 bridgehead atoms. The topological polar surface area (TPSA) is 61.8 Å². The van der Waals surface area contributed by atoms with E-state index in [9.17, 15) is 9.59 Å². The van der Waals surface area contributed by atoms with E-state index in [4.69, 9.17) is 14.2 Å². The molecule has 5 heteroatoms. The predicted octanol–water partition coefficient (Wildman–Crippen LogP) is 2.79. The summed E-state index contributed by atoms with van der Waals surface area (Å²) >= 11 is 0. The summed E-state index contributed by atoms with van der Waals surface area (Å²) in [7, 11) is 3.12. The Labute approximate surface area is 134 Å². The summed E-state index contributed by atoms with van der Waals surface area (Å²) in [5.74, 6) is 0.986. The molecule has 0 aliphatic heterocycles. The van der Waals surface area contributed by atoms with Crippen LogP contribution < -0.4 is 9.47 Å². The van der Waals surface area contributed by atoms with Crippen molar-refractivity contribution in [3.05, 3.63) is 59.7 Å². The second kappa shape index (κ2) is 8.10. The van der Waals surface area contributed by atoms with Crippen LogP contribution in [0, 0.1) is 0 Å². The molecule has 0 heterocycles. The second-order valence-corrected chi connectivity index (χ2v) is 4.80. The Morgan fingerprint density at radius 3 is 1.35 bits per heavy atom. The molecule has 2 aromatic carbocycles. The first kappa shape index (κ1) is 16.7. The standard InChI is InChI=1S/C18H18O5/c1-21-15-7-3-13(4-8-15)17(19)11-23-12-18(20)14-5-9-16(22-2)10-6-14/h3-10H,11-12H2,1-2H3. The molecule has 0 saturated carbocycles. The molecule has 0 fully saturated rings. The van der Waals surface area contributed by atoms with Crippen molar-refractivity contribution < 1.29 is 23.8 Å². The summed E-state index contributed by atoms with van der Waals surface area (Å²) in [6.45, 7) is -0.289. The fraction of sp³-hybridized carbons (Fsp3) is 0.222. The fourth-order valence-corrected chi connectivity index (χ4v) is 1.96. The molecule has 0 saturated heterocycles. The van der Waals surface area contributed by atoms with E-state index in [0.29, 0.717) is 22.6 Å². The Bertz CT molecular complexity index is 599. The van der Waals surface area contributed by atoms with E-state index < -0.39 is 0 Å². The van der Waals surface area contributed by atoms with Crippen molar-refractivity contribution in [2.75, 3.05) is 27.4 Å². The third kappa shape index (κ3) is 4.66.